The average Bonchev–Trinajstić information content (AvgIpc) is 2.78. The molecule has 1 saturated heterocycles. The number of amides is 1. The molecule has 0 spiro atoms. The number of hydrogen-bond donors (Lipinski definition) is 0. The number of aromatic nitrogens is 1. The highest BCUT2D eigenvalue weighted by Gasteiger charge is 2.26. The standard InChI is InChI=1S/C24H32FN3O3.C2H6/c1-17(2)20-10-9-18(25)15-21(20)30-16-19-7-6-8-22(26-19)27-11-13-28(14-12-27)23(29)31-24(3,4)5;1-2/h6-10,15,17H,11-14,16H2,1-5H3;1-2H3. The van der Waals surface area contributed by atoms with E-state index in [4.69, 9.17) is 14.5 Å². The van der Waals surface area contributed by atoms with Crippen LogP contribution in [0.3, 0.4) is 0 Å². The summed E-state index contributed by atoms with van der Waals surface area (Å²) in [7, 11) is 0. The Morgan fingerprint density at radius 3 is 2.36 bits per heavy atom. The fraction of sp³-hybridized carbons (Fsp3) is 0.538. The molecule has 0 saturated carbocycles. The van der Waals surface area contributed by atoms with Crippen LogP contribution in [0.2, 0.25) is 0 Å². The number of carbonyl (C=O) groups is 1. The molecule has 6 nitrogen and oxygen atoms in total. The predicted molar refractivity (Wildman–Crippen MR) is 130 cm³/mol. The molecule has 3 rings (SSSR count). The molecule has 0 atom stereocenters. The Balaban J connectivity index is 0.00000187. The highest BCUT2D eigenvalue weighted by atomic mass is 19.1. The second-order valence-electron chi connectivity index (χ2n) is 9.07. The number of ether oxygens (including phenoxy) is 2. The van der Waals surface area contributed by atoms with Crippen LogP contribution in [0.1, 0.15) is 65.6 Å². The summed E-state index contributed by atoms with van der Waals surface area (Å²) < 4.78 is 25.1. The van der Waals surface area contributed by atoms with Crippen molar-refractivity contribution in [3.8, 4) is 5.75 Å². The van der Waals surface area contributed by atoms with Crippen molar-refractivity contribution in [2.24, 2.45) is 0 Å². The van der Waals surface area contributed by atoms with Crippen molar-refractivity contribution >= 4 is 11.9 Å². The van der Waals surface area contributed by atoms with Gasteiger partial charge >= 0.3 is 6.09 Å². The van der Waals surface area contributed by atoms with Crippen LogP contribution < -0.4 is 9.64 Å². The minimum atomic E-state index is -0.499. The summed E-state index contributed by atoms with van der Waals surface area (Å²) in [5.41, 5.74) is 1.24. The Kier molecular flexibility index (Phi) is 9.50. The fourth-order valence-corrected chi connectivity index (χ4v) is 3.43. The molecule has 0 aliphatic carbocycles. The molecule has 7 heteroatoms. The Morgan fingerprint density at radius 2 is 1.76 bits per heavy atom. The number of pyridine rings is 1. The predicted octanol–water partition coefficient (Wildman–Crippen LogP) is 6.01. The number of benzene rings is 1. The Bertz CT molecular complexity index is 904. The molecule has 1 aromatic carbocycles. The lowest BCUT2D eigenvalue weighted by Crippen LogP contribution is -2.50. The third kappa shape index (κ3) is 7.91. The zero-order chi connectivity index (χ0) is 24.6. The van der Waals surface area contributed by atoms with E-state index in [1.165, 1.54) is 12.1 Å². The molecule has 0 N–H and O–H groups in total. The molecule has 1 fully saturated rings. The van der Waals surface area contributed by atoms with Gasteiger partial charge in [0.15, 0.2) is 0 Å². The molecular formula is C26H38FN3O3. The largest absolute Gasteiger partial charge is 0.487 e. The van der Waals surface area contributed by atoms with Gasteiger partial charge in [0.1, 0.15) is 29.6 Å². The van der Waals surface area contributed by atoms with Gasteiger partial charge in [0, 0.05) is 32.2 Å². The van der Waals surface area contributed by atoms with Crippen LogP contribution in [0.4, 0.5) is 15.0 Å². The van der Waals surface area contributed by atoms with Gasteiger partial charge in [-0.15, -0.1) is 0 Å². The van der Waals surface area contributed by atoms with Crippen LogP contribution in [0.5, 0.6) is 5.75 Å². The Labute approximate surface area is 197 Å². The molecule has 1 aliphatic heterocycles. The summed E-state index contributed by atoms with van der Waals surface area (Å²) >= 11 is 0. The minimum Gasteiger partial charge on any atom is -0.487 e. The SMILES string of the molecule is CC.CC(C)c1ccc(F)cc1OCc1cccc(N2CCN(C(=O)OC(C)(C)C)CC2)n1. The van der Waals surface area contributed by atoms with Crippen LogP contribution in [0.15, 0.2) is 36.4 Å². The fourth-order valence-electron chi connectivity index (χ4n) is 3.43. The first kappa shape index (κ1) is 26.4. The van der Waals surface area contributed by atoms with E-state index in [1.807, 2.05) is 52.8 Å². The van der Waals surface area contributed by atoms with E-state index in [1.54, 1.807) is 11.0 Å². The van der Waals surface area contributed by atoms with E-state index in [0.717, 1.165) is 17.1 Å². The molecular weight excluding hydrogens is 421 g/mol. The maximum absolute atomic E-state index is 13.7. The summed E-state index contributed by atoms with van der Waals surface area (Å²) in [5.74, 6) is 1.31. The lowest BCUT2D eigenvalue weighted by atomic mass is 10.0. The first-order valence-corrected chi connectivity index (χ1v) is 11.7. The zero-order valence-electron chi connectivity index (χ0n) is 21.0. The van der Waals surface area contributed by atoms with Gasteiger partial charge in [-0.2, -0.15) is 0 Å². The van der Waals surface area contributed by atoms with Crippen molar-refractivity contribution in [3.05, 3.63) is 53.5 Å². The summed E-state index contributed by atoms with van der Waals surface area (Å²) in [6.07, 6.45) is -0.279. The average molecular weight is 460 g/mol. The molecule has 2 heterocycles. The van der Waals surface area contributed by atoms with Gasteiger partial charge in [0.25, 0.3) is 0 Å². The Morgan fingerprint density at radius 1 is 1.09 bits per heavy atom. The van der Waals surface area contributed by atoms with Gasteiger partial charge in [0.05, 0.1) is 5.69 Å². The van der Waals surface area contributed by atoms with Gasteiger partial charge in [-0.1, -0.05) is 39.8 Å². The molecule has 1 amide bonds. The summed E-state index contributed by atoms with van der Waals surface area (Å²) in [6.45, 7) is 16.5. The van der Waals surface area contributed by atoms with Gasteiger partial charge in [-0.3, -0.25) is 0 Å². The van der Waals surface area contributed by atoms with Crippen molar-refractivity contribution in [1.29, 1.82) is 0 Å². The number of piperazine rings is 1. The van der Waals surface area contributed by atoms with E-state index in [0.29, 0.717) is 31.9 Å². The molecule has 1 aliphatic rings. The molecule has 1 aromatic heterocycles. The van der Waals surface area contributed by atoms with E-state index in [2.05, 4.69) is 18.7 Å². The lowest BCUT2D eigenvalue weighted by Gasteiger charge is -2.36. The van der Waals surface area contributed by atoms with Crippen molar-refractivity contribution < 1.29 is 18.7 Å². The van der Waals surface area contributed by atoms with Crippen LogP contribution >= 0.6 is 0 Å². The molecule has 0 unspecified atom stereocenters. The smallest absolute Gasteiger partial charge is 0.410 e. The monoisotopic (exact) mass is 459 g/mol. The van der Waals surface area contributed by atoms with Crippen molar-refractivity contribution in [2.75, 3.05) is 31.1 Å². The maximum Gasteiger partial charge on any atom is 0.410 e. The van der Waals surface area contributed by atoms with Crippen LogP contribution in [0.25, 0.3) is 0 Å². The number of halogens is 1. The molecule has 182 valence electrons. The van der Waals surface area contributed by atoms with Gasteiger partial charge < -0.3 is 19.3 Å². The van der Waals surface area contributed by atoms with Gasteiger partial charge in [-0.25, -0.2) is 14.2 Å². The van der Waals surface area contributed by atoms with Crippen LogP contribution in [0, 0.1) is 5.82 Å². The molecule has 2 aromatic rings. The number of anilines is 1. The summed E-state index contributed by atoms with van der Waals surface area (Å²) in [4.78, 5) is 20.8. The number of carbonyl (C=O) groups excluding carboxylic acids is 1. The Hall–Kier alpha value is -2.83. The summed E-state index contributed by atoms with van der Waals surface area (Å²) in [5, 5.41) is 0. The van der Waals surface area contributed by atoms with E-state index < -0.39 is 5.60 Å². The van der Waals surface area contributed by atoms with Gasteiger partial charge in [-0.05, 0) is 50.5 Å². The molecule has 0 bridgehead atoms. The number of hydrogen-bond acceptors (Lipinski definition) is 5. The van der Waals surface area contributed by atoms with Crippen molar-refractivity contribution in [2.45, 2.75) is 66.6 Å². The van der Waals surface area contributed by atoms with Gasteiger partial charge in [0.2, 0.25) is 0 Å². The normalized spacial score (nSPS) is 14.0. The topological polar surface area (TPSA) is 54.9 Å². The lowest BCUT2D eigenvalue weighted by molar-refractivity contribution is 0.0240. The highest BCUT2D eigenvalue weighted by molar-refractivity contribution is 5.68. The van der Waals surface area contributed by atoms with Crippen molar-refractivity contribution in [3.63, 3.8) is 0 Å². The van der Waals surface area contributed by atoms with Crippen molar-refractivity contribution in [1.82, 2.24) is 9.88 Å². The quantitative estimate of drug-likeness (QED) is 0.548. The van der Waals surface area contributed by atoms with Crippen LogP contribution in [-0.2, 0) is 11.3 Å². The first-order chi connectivity index (χ1) is 15.6. The first-order valence-electron chi connectivity index (χ1n) is 11.7. The van der Waals surface area contributed by atoms with E-state index >= 15 is 0 Å². The number of nitrogens with zero attached hydrogens (tertiary/aromatic N) is 3. The number of rotatable bonds is 5. The van der Waals surface area contributed by atoms with Crippen LogP contribution in [-0.4, -0.2) is 47.8 Å². The minimum absolute atomic E-state index is 0.233. The summed E-state index contributed by atoms with van der Waals surface area (Å²) in [6, 6.07) is 10.4. The third-order valence-electron chi connectivity index (χ3n) is 5.02. The second kappa shape index (κ2) is 11.9. The molecule has 0 radical (unpaired) electrons. The zero-order valence-corrected chi connectivity index (χ0v) is 21.0. The highest BCUT2D eigenvalue weighted by Crippen LogP contribution is 2.28. The second-order valence-corrected chi connectivity index (χ2v) is 9.07. The van der Waals surface area contributed by atoms with E-state index in [-0.39, 0.29) is 24.4 Å². The van der Waals surface area contributed by atoms with E-state index in [9.17, 15) is 9.18 Å². The molecule has 33 heavy (non-hydrogen) atoms. The maximum atomic E-state index is 13.7. The third-order valence-corrected chi connectivity index (χ3v) is 5.02.